The number of nitro benzene ring substituents is 1. The van der Waals surface area contributed by atoms with E-state index < -0.39 is 32.1 Å². The van der Waals surface area contributed by atoms with Crippen molar-refractivity contribution in [1.29, 1.82) is 0 Å². The molecule has 5 rings (SSSR count). The van der Waals surface area contributed by atoms with E-state index >= 15 is 0 Å². The maximum Gasteiger partial charge on any atom is 0.332 e. The van der Waals surface area contributed by atoms with Crippen molar-refractivity contribution in [3.05, 3.63) is 55.2 Å². The van der Waals surface area contributed by atoms with Gasteiger partial charge in [0.15, 0.2) is 11.2 Å². The van der Waals surface area contributed by atoms with Crippen LogP contribution in [0.2, 0.25) is 0 Å². The molecule has 0 bridgehead atoms. The molecule has 2 aromatic heterocycles. The smallest absolute Gasteiger partial charge is 0.332 e. The molecule has 2 aliphatic rings. The molecule has 0 amide bonds. The molecule has 2 saturated carbocycles. The second kappa shape index (κ2) is 7.02. The zero-order valence-electron chi connectivity index (χ0n) is 16.9. The number of imidazole rings is 1. The Hall–Kier alpha value is -3.48. The normalized spacial score (nSPS) is 16.5. The number of benzene rings is 1. The summed E-state index contributed by atoms with van der Waals surface area (Å²) >= 11 is 0. The van der Waals surface area contributed by atoms with Gasteiger partial charge in [-0.3, -0.25) is 24.0 Å². The van der Waals surface area contributed by atoms with Crippen molar-refractivity contribution in [1.82, 2.24) is 18.1 Å². The number of nitrogens with zero attached hydrogens (tertiary/aromatic N) is 5. The van der Waals surface area contributed by atoms with Gasteiger partial charge in [-0.2, -0.15) is 8.96 Å². The van der Waals surface area contributed by atoms with E-state index in [9.17, 15) is 28.1 Å². The summed E-state index contributed by atoms with van der Waals surface area (Å²) in [6.07, 6.45) is 3.67. The Balaban J connectivity index is 1.76. The Morgan fingerprint density at radius 2 is 1.59 bits per heavy atom. The van der Waals surface area contributed by atoms with Crippen molar-refractivity contribution in [2.24, 2.45) is 11.8 Å². The lowest BCUT2D eigenvalue weighted by atomic mass is 10.3. The minimum absolute atomic E-state index is 0.0677. The molecular weight excluding hydrogens is 440 g/mol. The summed E-state index contributed by atoms with van der Waals surface area (Å²) in [5.74, 6) is 0.0104. The molecule has 13 heteroatoms. The standard InChI is InChI=1S/C19H20N6O6S/c20-18-21-16-15(24(18)32(30,31)14-7-5-13(6-8-14)25(28)29)17(26)23(10-12-3-4-12)19(27)22(16)9-11-1-2-11/h5-8,11-12H,1-4,9-10H2,(H2,20,21). The highest BCUT2D eigenvalue weighted by atomic mass is 32.2. The second-order valence-corrected chi connectivity index (χ2v) is 10.1. The van der Waals surface area contributed by atoms with E-state index in [0.29, 0.717) is 10.5 Å². The summed E-state index contributed by atoms with van der Waals surface area (Å²) in [4.78, 5) is 40.5. The topological polar surface area (TPSA) is 165 Å². The summed E-state index contributed by atoms with van der Waals surface area (Å²) < 4.78 is 29.8. The number of hydrogen-bond donors (Lipinski definition) is 1. The number of aromatic nitrogens is 4. The molecule has 0 atom stereocenters. The summed E-state index contributed by atoms with van der Waals surface area (Å²) in [5.41, 5.74) is 4.04. The SMILES string of the molecule is Nc1nc2c(c(=O)n(CC3CC3)c(=O)n2CC2CC2)n1S(=O)(=O)c1ccc([N+](=O)[O-])cc1. The van der Waals surface area contributed by atoms with E-state index in [4.69, 9.17) is 5.73 Å². The van der Waals surface area contributed by atoms with Gasteiger partial charge in [0.2, 0.25) is 5.95 Å². The van der Waals surface area contributed by atoms with Crippen LogP contribution in [0.5, 0.6) is 0 Å². The van der Waals surface area contributed by atoms with Gasteiger partial charge >= 0.3 is 5.69 Å². The average molecular weight is 460 g/mol. The molecule has 1 aromatic carbocycles. The van der Waals surface area contributed by atoms with E-state index in [1.54, 1.807) is 0 Å². The third-order valence-electron chi connectivity index (χ3n) is 5.87. The fraction of sp³-hybridized carbons (Fsp3) is 0.421. The van der Waals surface area contributed by atoms with Gasteiger partial charge in [-0.05, 0) is 49.7 Å². The monoisotopic (exact) mass is 460 g/mol. The molecule has 2 aliphatic carbocycles. The van der Waals surface area contributed by atoms with Crippen LogP contribution in [0.25, 0.3) is 11.2 Å². The predicted octanol–water partition coefficient (Wildman–Crippen LogP) is 0.907. The van der Waals surface area contributed by atoms with Gasteiger partial charge in [-0.15, -0.1) is 0 Å². The Kier molecular flexibility index (Phi) is 4.48. The Labute approximate surface area is 181 Å². The van der Waals surface area contributed by atoms with Crippen molar-refractivity contribution in [3.8, 4) is 0 Å². The molecular formula is C19H20N6O6S. The van der Waals surface area contributed by atoms with Crippen LogP contribution in [0.4, 0.5) is 11.6 Å². The minimum Gasteiger partial charge on any atom is -0.368 e. The highest BCUT2D eigenvalue weighted by molar-refractivity contribution is 7.90. The van der Waals surface area contributed by atoms with E-state index in [2.05, 4.69) is 4.98 Å². The second-order valence-electron chi connectivity index (χ2n) is 8.36. The number of fused-ring (bicyclic) bond motifs is 1. The van der Waals surface area contributed by atoms with Gasteiger partial charge in [0, 0.05) is 25.2 Å². The maximum absolute atomic E-state index is 13.4. The van der Waals surface area contributed by atoms with Gasteiger partial charge in [-0.25, -0.2) is 13.2 Å². The zero-order chi connectivity index (χ0) is 22.8. The van der Waals surface area contributed by atoms with Crippen LogP contribution < -0.4 is 17.0 Å². The predicted molar refractivity (Wildman–Crippen MR) is 114 cm³/mol. The molecule has 0 radical (unpaired) electrons. The number of hydrogen-bond acceptors (Lipinski definition) is 8. The van der Waals surface area contributed by atoms with Crippen LogP contribution in [0.1, 0.15) is 25.7 Å². The van der Waals surface area contributed by atoms with Crippen molar-refractivity contribution < 1.29 is 13.3 Å². The molecule has 0 unspecified atom stereocenters. The fourth-order valence-electron chi connectivity index (χ4n) is 3.77. The number of nitrogens with two attached hydrogens (primary N) is 1. The van der Waals surface area contributed by atoms with Crippen molar-refractivity contribution >= 4 is 32.8 Å². The van der Waals surface area contributed by atoms with Gasteiger partial charge < -0.3 is 5.73 Å². The van der Waals surface area contributed by atoms with Crippen LogP contribution >= 0.6 is 0 Å². The van der Waals surface area contributed by atoms with Crippen LogP contribution in [-0.4, -0.2) is 31.4 Å². The first kappa shape index (κ1) is 20.4. The number of non-ortho nitro benzene ring substituents is 1. The molecule has 32 heavy (non-hydrogen) atoms. The fourth-order valence-corrected chi connectivity index (χ4v) is 5.14. The molecule has 0 spiro atoms. The van der Waals surface area contributed by atoms with E-state index in [1.807, 2.05) is 0 Å². The Morgan fingerprint density at radius 3 is 2.12 bits per heavy atom. The van der Waals surface area contributed by atoms with Gasteiger partial charge in [-0.1, -0.05) is 0 Å². The zero-order valence-corrected chi connectivity index (χ0v) is 17.7. The summed E-state index contributed by atoms with van der Waals surface area (Å²) in [7, 11) is -4.41. The first-order chi connectivity index (χ1) is 15.2. The van der Waals surface area contributed by atoms with E-state index in [0.717, 1.165) is 54.5 Å². The maximum atomic E-state index is 13.4. The third-order valence-corrected chi connectivity index (χ3v) is 7.59. The first-order valence-corrected chi connectivity index (χ1v) is 11.6. The Morgan fingerprint density at radius 1 is 1.03 bits per heavy atom. The van der Waals surface area contributed by atoms with Crippen molar-refractivity contribution in [2.45, 2.75) is 43.7 Å². The van der Waals surface area contributed by atoms with Crippen molar-refractivity contribution in [3.63, 3.8) is 0 Å². The molecule has 168 valence electrons. The lowest BCUT2D eigenvalue weighted by Crippen LogP contribution is -2.41. The van der Waals surface area contributed by atoms with Crippen LogP contribution in [0.3, 0.4) is 0 Å². The van der Waals surface area contributed by atoms with Gasteiger partial charge in [0.05, 0.1) is 9.82 Å². The lowest BCUT2D eigenvalue weighted by molar-refractivity contribution is -0.384. The van der Waals surface area contributed by atoms with Crippen LogP contribution in [-0.2, 0) is 23.1 Å². The molecule has 0 aliphatic heterocycles. The average Bonchev–Trinajstić information content (AvgIpc) is 3.68. The van der Waals surface area contributed by atoms with Crippen LogP contribution in [0.15, 0.2) is 38.8 Å². The first-order valence-electron chi connectivity index (χ1n) is 10.2. The highest BCUT2D eigenvalue weighted by Crippen LogP contribution is 2.32. The van der Waals surface area contributed by atoms with E-state index in [1.165, 1.54) is 4.57 Å². The molecule has 12 nitrogen and oxygen atoms in total. The molecule has 2 N–H and O–H groups in total. The minimum atomic E-state index is -4.41. The number of nitro groups is 1. The number of nitrogen functional groups attached to an aromatic ring is 1. The molecule has 3 aromatic rings. The summed E-state index contributed by atoms with van der Waals surface area (Å²) in [5, 5.41) is 10.9. The number of anilines is 1. The van der Waals surface area contributed by atoms with Crippen molar-refractivity contribution in [2.75, 3.05) is 5.73 Å². The number of rotatable bonds is 7. The molecule has 0 saturated heterocycles. The summed E-state index contributed by atoms with van der Waals surface area (Å²) in [6, 6.07) is 4.25. The van der Waals surface area contributed by atoms with Gasteiger partial charge in [0.25, 0.3) is 21.3 Å². The van der Waals surface area contributed by atoms with E-state index in [-0.39, 0.29) is 40.1 Å². The summed E-state index contributed by atoms with van der Waals surface area (Å²) in [6.45, 7) is 0.537. The Bertz CT molecular complexity index is 1480. The van der Waals surface area contributed by atoms with Gasteiger partial charge in [0.1, 0.15) is 0 Å². The third kappa shape index (κ3) is 3.28. The lowest BCUT2D eigenvalue weighted by Gasteiger charge is -2.12. The molecule has 2 fully saturated rings. The largest absolute Gasteiger partial charge is 0.368 e. The highest BCUT2D eigenvalue weighted by Gasteiger charge is 2.32. The molecule has 2 heterocycles. The van der Waals surface area contributed by atoms with Crippen LogP contribution in [0, 0.1) is 22.0 Å². The quantitative estimate of drug-likeness (QED) is 0.401.